The third-order valence-corrected chi connectivity index (χ3v) is 1.82. The van der Waals surface area contributed by atoms with E-state index in [2.05, 4.69) is 25.8 Å². The molecule has 1 heterocycles. The van der Waals surface area contributed by atoms with Gasteiger partial charge in [0.05, 0.1) is 6.61 Å². The van der Waals surface area contributed by atoms with Crippen molar-refractivity contribution < 1.29 is 18.8 Å². The summed E-state index contributed by atoms with van der Waals surface area (Å²) in [6.45, 7) is 4.31. The first-order valence-corrected chi connectivity index (χ1v) is 5.50. The SMILES string of the molecule is CCOC(=O)NCCNC(=O)Nc1cc(C)on1. The van der Waals surface area contributed by atoms with E-state index in [9.17, 15) is 9.59 Å². The maximum absolute atomic E-state index is 11.3. The van der Waals surface area contributed by atoms with Crippen LogP contribution in [-0.2, 0) is 4.74 Å². The van der Waals surface area contributed by atoms with Crippen LogP contribution in [0.2, 0.25) is 0 Å². The monoisotopic (exact) mass is 256 g/mol. The second-order valence-corrected chi connectivity index (χ2v) is 3.35. The molecule has 0 radical (unpaired) electrons. The molecule has 1 aromatic heterocycles. The van der Waals surface area contributed by atoms with Crippen molar-refractivity contribution >= 4 is 17.9 Å². The Hall–Kier alpha value is -2.25. The summed E-state index contributed by atoms with van der Waals surface area (Å²) in [6.07, 6.45) is -0.508. The minimum Gasteiger partial charge on any atom is -0.450 e. The van der Waals surface area contributed by atoms with Crippen molar-refractivity contribution in [2.24, 2.45) is 0 Å². The van der Waals surface area contributed by atoms with Gasteiger partial charge in [-0.25, -0.2) is 9.59 Å². The molecule has 0 aromatic carbocycles. The molecule has 0 spiro atoms. The average Bonchev–Trinajstić information content (AvgIpc) is 2.70. The Morgan fingerprint density at radius 1 is 1.39 bits per heavy atom. The number of amides is 3. The molecule has 100 valence electrons. The molecule has 3 amide bonds. The number of carbonyl (C=O) groups is 2. The molecule has 0 saturated carbocycles. The number of aromatic nitrogens is 1. The quantitative estimate of drug-likeness (QED) is 0.677. The molecule has 0 bridgehead atoms. The number of alkyl carbamates (subject to hydrolysis) is 1. The lowest BCUT2D eigenvalue weighted by atomic mass is 10.5. The maximum Gasteiger partial charge on any atom is 0.407 e. The van der Waals surface area contributed by atoms with Crippen LogP contribution in [0.25, 0.3) is 0 Å². The van der Waals surface area contributed by atoms with Crippen molar-refractivity contribution in [2.75, 3.05) is 25.0 Å². The van der Waals surface area contributed by atoms with E-state index in [4.69, 9.17) is 4.52 Å². The van der Waals surface area contributed by atoms with Crippen LogP contribution in [0, 0.1) is 6.92 Å². The third-order valence-electron chi connectivity index (χ3n) is 1.82. The van der Waals surface area contributed by atoms with Gasteiger partial charge in [0.15, 0.2) is 5.82 Å². The highest BCUT2D eigenvalue weighted by atomic mass is 16.5. The Labute approximate surface area is 104 Å². The smallest absolute Gasteiger partial charge is 0.407 e. The molecule has 0 saturated heterocycles. The van der Waals surface area contributed by atoms with Crippen LogP contribution in [0.4, 0.5) is 15.4 Å². The van der Waals surface area contributed by atoms with E-state index < -0.39 is 12.1 Å². The second-order valence-electron chi connectivity index (χ2n) is 3.35. The summed E-state index contributed by atoms with van der Waals surface area (Å²) in [5, 5.41) is 11.1. The number of ether oxygens (including phenoxy) is 1. The van der Waals surface area contributed by atoms with Gasteiger partial charge in [0.1, 0.15) is 5.76 Å². The largest absolute Gasteiger partial charge is 0.450 e. The number of hydrogen-bond acceptors (Lipinski definition) is 5. The molecule has 1 aromatic rings. The van der Waals surface area contributed by atoms with Crippen molar-refractivity contribution in [3.05, 3.63) is 11.8 Å². The lowest BCUT2D eigenvalue weighted by Crippen LogP contribution is -2.37. The molecule has 0 aliphatic rings. The Kier molecular flexibility index (Phi) is 5.49. The maximum atomic E-state index is 11.3. The van der Waals surface area contributed by atoms with Crippen LogP contribution >= 0.6 is 0 Å². The second kappa shape index (κ2) is 7.15. The number of aryl methyl sites for hydroxylation is 1. The van der Waals surface area contributed by atoms with E-state index >= 15 is 0 Å². The van der Waals surface area contributed by atoms with Gasteiger partial charge in [-0.05, 0) is 13.8 Å². The van der Waals surface area contributed by atoms with Gasteiger partial charge in [-0.3, -0.25) is 5.32 Å². The van der Waals surface area contributed by atoms with Gasteiger partial charge in [-0.2, -0.15) is 0 Å². The summed E-state index contributed by atoms with van der Waals surface area (Å²) in [4.78, 5) is 22.2. The molecular formula is C10H16N4O4. The molecule has 0 atom stereocenters. The molecule has 8 nitrogen and oxygen atoms in total. The summed E-state index contributed by atoms with van der Waals surface area (Å²) in [6, 6.07) is 1.17. The van der Waals surface area contributed by atoms with Gasteiger partial charge in [0, 0.05) is 19.2 Å². The number of hydrogen-bond donors (Lipinski definition) is 3. The van der Waals surface area contributed by atoms with Crippen LogP contribution in [0.15, 0.2) is 10.6 Å². The molecule has 0 aliphatic heterocycles. The molecule has 0 aliphatic carbocycles. The predicted molar refractivity (Wildman–Crippen MR) is 63.3 cm³/mol. The third kappa shape index (κ3) is 5.19. The highest BCUT2D eigenvalue weighted by molar-refractivity contribution is 5.88. The zero-order chi connectivity index (χ0) is 13.4. The van der Waals surface area contributed by atoms with Gasteiger partial charge in [-0.1, -0.05) is 5.16 Å². The Morgan fingerprint density at radius 2 is 2.11 bits per heavy atom. The molecule has 0 unspecified atom stereocenters. The van der Waals surface area contributed by atoms with Crippen molar-refractivity contribution in [3.63, 3.8) is 0 Å². The van der Waals surface area contributed by atoms with Crippen molar-refractivity contribution in [2.45, 2.75) is 13.8 Å². The molecule has 8 heteroatoms. The topological polar surface area (TPSA) is 105 Å². The first-order chi connectivity index (χ1) is 8.61. The zero-order valence-electron chi connectivity index (χ0n) is 10.3. The summed E-state index contributed by atoms with van der Waals surface area (Å²) in [7, 11) is 0. The van der Waals surface area contributed by atoms with Crippen molar-refractivity contribution in [1.82, 2.24) is 15.8 Å². The lowest BCUT2D eigenvalue weighted by molar-refractivity contribution is 0.152. The number of anilines is 1. The van der Waals surface area contributed by atoms with E-state index in [1.807, 2.05) is 0 Å². The summed E-state index contributed by atoms with van der Waals surface area (Å²) in [5.74, 6) is 0.942. The number of nitrogens with zero attached hydrogens (tertiary/aromatic N) is 1. The highest BCUT2D eigenvalue weighted by Crippen LogP contribution is 2.05. The van der Waals surface area contributed by atoms with Crippen LogP contribution in [0.3, 0.4) is 0 Å². The van der Waals surface area contributed by atoms with Gasteiger partial charge in [-0.15, -0.1) is 0 Å². The molecule has 1 rings (SSSR count). The Morgan fingerprint density at radius 3 is 2.72 bits per heavy atom. The van der Waals surface area contributed by atoms with E-state index in [1.54, 1.807) is 19.9 Å². The van der Waals surface area contributed by atoms with E-state index in [0.29, 0.717) is 18.2 Å². The van der Waals surface area contributed by atoms with Gasteiger partial charge in [0.2, 0.25) is 0 Å². The first-order valence-electron chi connectivity index (χ1n) is 5.50. The molecule has 0 fully saturated rings. The average molecular weight is 256 g/mol. The molecular weight excluding hydrogens is 240 g/mol. The fraction of sp³-hybridized carbons (Fsp3) is 0.500. The number of nitrogens with one attached hydrogen (secondary N) is 3. The van der Waals surface area contributed by atoms with E-state index in [-0.39, 0.29) is 13.1 Å². The van der Waals surface area contributed by atoms with Crippen LogP contribution < -0.4 is 16.0 Å². The number of rotatable bonds is 5. The summed E-state index contributed by atoms with van der Waals surface area (Å²) < 4.78 is 9.43. The fourth-order valence-corrected chi connectivity index (χ4v) is 1.11. The summed E-state index contributed by atoms with van der Waals surface area (Å²) >= 11 is 0. The Bertz CT molecular complexity index is 404. The van der Waals surface area contributed by atoms with E-state index in [0.717, 1.165) is 0 Å². The van der Waals surface area contributed by atoms with Gasteiger partial charge >= 0.3 is 12.1 Å². The zero-order valence-corrected chi connectivity index (χ0v) is 10.3. The minimum atomic E-state index is -0.508. The molecule has 18 heavy (non-hydrogen) atoms. The number of carbonyl (C=O) groups excluding carboxylic acids is 2. The van der Waals surface area contributed by atoms with Gasteiger partial charge < -0.3 is 19.9 Å². The van der Waals surface area contributed by atoms with Crippen LogP contribution in [0.1, 0.15) is 12.7 Å². The fourth-order valence-electron chi connectivity index (χ4n) is 1.11. The van der Waals surface area contributed by atoms with E-state index in [1.165, 1.54) is 0 Å². The highest BCUT2D eigenvalue weighted by Gasteiger charge is 2.05. The summed E-state index contributed by atoms with van der Waals surface area (Å²) in [5.41, 5.74) is 0. The van der Waals surface area contributed by atoms with Gasteiger partial charge in [0.25, 0.3) is 0 Å². The lowest BCUT2D eigenvalue weighted by Gasteiger charge is -2.06. The standard InChI is InChI=1S/C10H16N4O4/c1-3-17-10(16)12-5-4-11-9(15)13-8-6-7(2)18-14-8/h6H,3-5H2,1-2H3,(H,12,16)(H2,11,13,14,15). The number of urea groups is 1. The Balaban J connectivity index is 2.12. The molecule has 3 N–H and O–H groups in total. The van der Waals surface area contributed by atoms with Crippen LogP contribution in [-0.4, -0.2) is 37.0 Å². The minimum absolute atomic E-state index is 0.279. The first kappa shape index (κ1) is 13.8. The van der Waals surface area contributed by atoms with Crippen molar-refractivity contribution in [1.29, 1.82) is 0 Å². The van der Waals surface area contributed by atoms with Crippen LogP contribution in [0.5, 0.6) is 0 Å². The predicted octanol–water partition coefficient (Wildman–Crippen LogP) is 0.851. The van der Waals surface area contributed by atoms with Crippen molar-refractivity contribution in [3.8, 4) is 0 Å². The normalized spacial score (nSPS) is 9.67.